The van der Waals surface area contributed by atoms with Crippen molar-refractivity contribution in [2.75, 3.05) is 13.6 Å². The molecule has 1 rings (SSSR count). The van der Waals surface area contributed by atoms with Crippen LogP contribution in [0.5, 0.6) is 0 Å². The zero-order valence-electron chi connectivity index (χ0n) is 10.8. The smallest absolute Gasteiger partial charge is 0.310 e. The van der Waals surface area contributed by atoms with Crippen LogP contribution >= 0.6 is 0 Å². The Morgan fingerprint density at radius 1 is 1.59 bits per heavy atom. The second-order valence-electron chi connectivity index (χ2n) is 4.87. The van der Waals surface area contributed by atoms with Crippen LogP contribution in [0.2, 0.25) is 0 Å². The Hall–Kier alpha value is -1.29. The third kappa shape index (κ3) is 3.89. The van der Waals surface area contributed by atoms with Crippen molar-refractivity contribution in [1.29, 1.82) is 0 Å². The Balaban J connectivity index is 2.58. The van der Waals surface area contributed by atoms with E-state index >= 15 is 0 Å². The highest BCUT2D eigenvalue weighted by Gasteiger charge is 2.33. The highest BCUT2D eigenvalue weighted by molar-refractivity contribution is 5.74. The first-order chi connectivity index (χ1) is 7.98. The molecule has 0 saturated carbocycles. The van der Waals surface area contributed by atoms with Crippen LogP contribution in [0, 0.1) is 5.41 Å². The van der Waals surface area contributed by atoms with Gasteiger partial charge < -0.3 is 9.52 Å². The van der Waals surface area contributed by atoms with Gasteiger partial charge in [0.1, 0.15) is 5.76 Å². The molecule has 0 aliphatic rings. The fraction of sp³-hybridized carbons (Fsp3) is 0.615. The van der Waals surface area contributed by atoms with E-state index in [4.69, 9.17) is 4.42 Å². The van der Waals surface area contributed by atoms with Crippen LogP contribution in [-0.2, 0) is 11.3 Å². The van der Waals surface area contributed by atoms with E-state index in [1.807, 2.05) is 31.0 Å². The third-order valence-electron chi connectivity index (χ3n) is 2.94. The molecule has 4 heteroatoms. The summed E-state index contributed by atoms with van der Waals surface area (Å²) in [6.45, 7) is 4.97. The lowest BCUT2D eigenvalue weighted by Gasteiger charge is -2.29. The number of carboxylic acid groups (broad SMARTS) is 1. The minimum Gasteiger partial charge on any atom is -0.481 e. The van der Waals surface area contributed by atoms with Crippen molar-refractivity contribution >= 4 is 5.97 Å². The zero-order chi connectivity index (χ0) is 12.9. The van der Waals surface area contributed by atoms with Crippen LogP contribution in [0.25, 0.3) is 0 Å². The van der Waals surface area contributed by atoms with Gasteiger partial charge >= 0.3 is 5.97 Å². The monoisotopic (exact) mass is 239 g/mol. The van der Waals surface area contributed by atoms with Crippen LogP contribution in [0.15, 0.2) is 22.8 Å². The SMILES string of the molecule is CCCC(C)(CN(C)Cc1ccco1)C(=O)O. The first-order valence-electron chi connectivity index (χ1n) is 5.92. The molecule has 0 spiro atoms. The summed E-state index contributed by atoms with van der Waals surface area (Å²) in [7, 11) is 1.92. The normalized spacial score (nSPS) is 14.8. The van der Waals surface area contributed by atoms with Crippen LogP contribution in [0.3, 0.4) is 0 Å². The lowest BCUT2D eigenvalue weighted by atomic mass is 9.85. The maximum absolute atomic E-state index is 11.3. The van der Waals surface area contributed by atoms with Crippen LogP contribution < -0.4 is 0 Å². The summed E-state index contributed by atoms with van der Waals surface area (Å²) in [5.41, 5.74) is -0.684. The predicted molar refractivity (Wildman–Crippen MR) is 65.7 cm³/mol. The van der Waals surface area contributed by atoms with Gasteiger partial charge in [0.15, 0.2) is 0 Å². The van der Waals surface area contributed by atoms with Gasteiger partial charge in [-0.3, -0.25) is 9.69 Å². The van der Waals surface area contributed by atoms with Gasteiger partial charge in [-0.25, -0.2) is 0 Å². The van der Waals surface area contributed by atoms with E-state index in [1.165, 1.54) is 0 Å². The lowest BCUT2D eigenvalue weighted by Crippen LogP contribution is -2.39. The van der Waals surface area contributed by atoms with E-state index in [0.717, 1.165) is 12.2 Å². The molecule has 0 amide bonds. The fourth-order valence-electron chi connectivity index (χ4n) is 2.13. The second kappa shape index (κ2) is 5.87. The standard InChI is InChI=1S/C13H21NO3/c1-4-7-13(2,12(15)16)10-14(3)9-11-6-5-8-17-11/h5-6,8H,4,7,9-10H2,1-3H3,(H,15,16). The summed E-state index contributed by atoms with van der Waals surface area (Å²) in [5.74, 6) is 0.127. The molecule has 0 bridgehead atoms. The minimum absolute atomic E-state index is 0.525. The molecule has 4 nitrogen and oxygen atoms in total. The maximum atomic E-state index is 11.3. The quantitative estimate of drug-likeness (QED) is 0.794. The minimum atomic E-state index is -0.731. The molecular formula is C13H21NO3. The van der Waals surface area contributed by atoms with Gasteiger partial charge in [0.2, 0.25) is 0 Å². The molecule has 1 atom stereocenters. The third-order valence-corrected chi connectivity index (χ3v) is 2.94. The summed E-state index contributed by atoms with van der Waals surface area (Å²) in [6, 6.07) is 3.74. The van der Waals surface area contributed by atoms with Crippen molar-refractivity contribution in [2.24, 2.45) is 5.41 Å². The second-order valence-corrected chi connectivity index (χ2v) is 4.87. The zero-order valence-corrected chi connectivity index (χ0v) is 10.8. The average Bonchev–Trinajstić information content (AvgIpc) is 2.70. The van der Waals surface area contributed by atoms with E-state index in [9.17, 15) is 9.90 Å². The van der Waals surface area contributed by atoms with Crippen molar-refractivity contribution in [1.82, 2.24) is 4.90 Å². The first-order valence-corrected chi connectivity index (χ1v) is 5.92. The summed E-state index contributed by atoms with van der Waals surface area (Å²) in [5, 5.41) is 9.29. The number of hydrogen-bond acceptors (Lipinski definition) is 3. The van der Waals surface area contributed by atoms with Gasteiger partial charge in [0.05, 0.1) is 18.2 Å². The number of nitrogens with zero attached hydrogens (tertiary/aromatic N) is 1. The molecule has 96 valence electrons. The first kappa shape index (κ1) is 13.8. The van der Waals surface area contributed by atoms with E-state index in [0.29, 0.717) is 19.5 Å². The molecule has 1 N–H and O–H groups in total. The fourth-order valence-corrected chi connectivity index (χ4v) is 2.13. The van der Waals surface area contributed by atoms with Crippen molar-refractivity contribution in [3.8, 4) is 0 Å². The highest BCUT2D eigenvalue weighted by Crippen LogP contribution is 2.25. The maximum Gasteiger partial charge on any atom is 0.310 e. The van der Waals surface area contributed by atoms with Gasteiger partial charge in [0.25, 0.3) is 0 Å². The van der Waals surface area contributed by atoms with Gasteiger partial charge in [-0.2, -0.15) is 0 Å². The molecule has 1 heterocycles. The van der Waals surface area contributed by atoms with E-state index < -0.39 is 11.4 Å². The Kier molecular flexibility index (Phi) is 4.75. The number of hydrogen-bond donors (Lipinski definition) is 1. The molecule has 1 unspecified atom stereocenters. The summed E-state index contributed by atoms with van der Waals surface area (Å²) in [4.78, 5) is 13.3. The molecule has 1 aromatic rings. The predicted octanol–water partition coefficient (Wildman–Crippen LogP) is 2.60. The van der Waals surface area contributed by atoms with Gasteiger partial charge in [-0.1, -0.05) is 13.3 Å². The summed E-state index contributed by atoms with van der Waals surface area (Å²) < 4.78 is 5.25. The Morgan fingerprint density at radius 2 is 2.29 bits per heavy atom. The number of furan rings is 1. The van der Waals surface area contributed by atoms with E-state index in [2.05, 4.69) is 0 Å². The summed E-state index contributed by atoms with van der Waals surface area (Å²) in [6.07, 6.45) is 3.19. The van der Waals surface area contributed by atoms with Crippen molar-refractivity contribution in [3.63, 3.8) is 0 Å². The van der Waals surface area contributed by atoms with Crippen LogP contribution in [0.4, 0.5) is 0 Å². The molecule has 0 radical (unpaired) electrons. The molecule has 0 aromatic carbocycles. The molecular weight excluding hydrogens is 218 g/mol. The van der Waals surface area contributed by atoms with Gasteiger partial charge in [-0.05, 0) is 32.5 Å². The van der Waals surface area contributed by atoms with Gasteiger partial charge in [0, 0.05) is 6.54 Å². The average molecular weight is 239 g/mol. The number of rotatable bonds is 7. The number of carbonyl (C=O) groups is 1. The van der Waals surface area contributed by atoms with E-state index in [1.54, 1.807) is 13.2 Å². The van der Waals surface area contributed by atoms with Crippen LogP contribution in [0.1, 0.15) is 32.4 Å². The Labute approximate surface area is 102 Å². The molecule has 0 saturated heterocycles. The van der Waals surface area contributed by atoms with Crippen LogP contribution in [-0.4, -0.2) is 29.6 Å². The molecule has 0 fully saturated rings. The number of carboxylic acids is 1. The largest absolute Gasteiger partial charge is 0.481 e. The van der Waals surface area contributed by atoms with Crippen molar-refractivity contribution in [2.45, 2.75) is 33.2 Å². The van der Waals surface area contributed by atoms with Crippen molar-refractivity contribution < 1.29 is 14.3 Å². The Morgan fingerprint density at radius 3 is 2.76 bits per heavy atom. The lowest BCUT2D eigenvalue weighted by molar-refractivity contribution is -0.149. The molecule has 0 aliphatic carbocycles. The van der Waals surface area contributed by atoms with E-state index in [-0.39, 0.29) is 0 Å². The number of aliphatic carboxylic acids is 1. The van der Waals surface area contributed by atoms with Crippen molar-refractivity contribution in [3.05, 3.63) is 24.2 Å². The topological polar surface area (TPSA) is 53.7 Å². The molecule has 1 aromatic heterocycles. The molecule has 0 aliphatic heterocycles. The van der Waals surface area contributed by atoms with Gasteiger partial charge in [-0.15, -0.1) is 0 Å². The Bertz CT molecular complexity index is 348. The highest BCUT2D eigenvalue weighted by atomic mass is 16.4. The summed E-state index contributed by atoms with van der Waals surface area (Å²) >= 11 is 0. The molecule has 17 heavy (non-hydrogen) atoms.